The maximum Gasteiger partial charge on any atom is 0.122 e. The molecule has 4 rings (SSSR count). The van der Waals surface area contributed by atoms with E-state index in [1.807, 2.05) is 25.1 Å². The fourth-order valence-electron chi connectivity index (χ4n) is 5.19. The molecule has 2 atom stereocenters. The van der Waals surface area contributed by atoms with Crippen molar-refractivity contribution >= 4 is 0 Å². The van der Waals surface area contributed by atoms with Gasteiger partial charge in [0.05, 0.1) is 24.9 Å². The van der Waals surface area contributed by atoms with Gasteiger partial charge in [-0.05, 0) is 42.9 Å². The maximum absolute atomic E-state index is 12.2. The smallest absolute Gasteiger partial charge is 0.122 e. The Kier molecular flexibility index (Phi) is 7.08. The van der Waals surface area contributed by atoms with Crippen molar-refractivity contribution < 1.29 is 14.6 Å². The van der Waals surface area contributed by atoms with E-state index in [-0.39, 0.29) is 12.0 Å². The number of hydrogen-bond donors (Lipinski definition) is 1. The molecule has 1 aliphatic heterocycles. The summed E-state index contributed by atoms with van der Waals surface area (Å²) in [5, 5.41) is 12.2. The largest absolute Gasteiger partial charge is 0.494 e. The minimum atomic E-state index is -0.876. The fourth-order valence-corrected chi connectivity index (χ4v) is 5.19. The molecular formula is C26H35NO3. The number of rotatable bonds is 8. The standard InChI is InChI=1S/C26H35NO3/c1-2-29-24-15-9-6-12-22(24)18-26(28,23-13-7-8-14-23)25-20-27(16-17-30-25)19-21-10-4-3-5-11-21/h3-6,9-12,15,23,25,28H,2,7-8,13-14,16-20H2,1H3. The third kappa shape index (κ3) is 4.88. The van der Waals surface area contributed by atoms with Crippen molar-refractivity contribution in [3.05, 3.63) is 65.7 Å². The Labute approximate surface area is 180 Å². The summed E-state index contributed by atoms with van der Waals surface area (Å²) in [6.45, 7) is 5.87. The molecule has 1 aliphatic carbocycles. The molecule has 0 spiro atoms. The Balaban J connectivity index is 1.55. The van der Waals surface area contributed by atoms with Gasteiger partial charge >= 0.3 is 0 Å². The Morgan fingerprint density at radius 3 is 2.57 bits per heavy atom. The van der Waals surface area contributed by atoms with Gasteiger partial charge < -0.3 is 14.6 Å². The van der Waals surface area contributed by atoms with Crippen molar-refractivity contribution in [2.45, 2.75) is 57.3 Å². The van der Waals surface area contributed by atoms with Gasteiger partial charge in [0.15, 0.2) is 0 Å². The van der Waals surface area contributed by atoms with Gasteiger partial charge in [0, 0.05) is 26.1 Å². The lowest BCUT2D eigenvalue weighted by atomic mass is 9.76. The van der Waals surface area contributed by atoms with Crippen LogP contribution in [0.4, 0.5) is 0 Å². The number of para-hydroxylation sites is 1. The van der Waals surface area contributed by atoms with E-state index in [0.29, 0.717) is 19.6 Å². The third-order valence-corrected chi connectivity index (χ3v) is 6.77. The van der Waals surface area contributed by atoms with E-state index in [4.69, 9.17) is 9.47 Å². The topological polar surface area (TPSA) is 41.9 Å². The van der Waals surface area contributed by atoms with E-state index in [2.05, 4.69) is 41.3 Å². The van der Waals surface area contributed by atoms with Crippen LogP contribution in [0.25, 0.3) is 0 Å². The van der Waals surface area contributed by atoms with Crippen LogP contribution in [0.15, 0.2) is 54.6 Å². The Morgan fingerprint density at radius 1 is 1.07 bits per heavy atom. The molecule has 1 saturated carbocycles. The molecule has 4 nitrogen and oxygen atoms in total. The number of aliphatic hydroxyl groups is 1. The highest BCUT2D eigenvalue weighted by atomic mass is 16.5. The summed E-state index contributed by atoms with van der Waals surface area (Å²) in [6, 6.07) is 18.7. The van der Waals surface area contributed by atoms with E-state index in [1.165, 1.54) is 18.4 Å². The molecular weight excluding hydrogens is 374 g/mol. The van der Waals surface area contributed by atoms with Crippen molar-refractivity contribution in [3.8, 4) is 5.75 Å². The van der Waals surface area contributed by atoms with Crippen LogP contribution >= 0.6 is 0 Å². The van der Waals surface area contributed by atoms with E-state index in [1.54, 1.807) is 0 Å². The number of nitrogens with zero attached hydrogens (tertiary/aromatic N) is 1. The van der Waals surface area contributed by atoms with Gasteiger partial charge in [-0.3, -0.25) is 4.90 Å². The van der Waals surface area contributed by atoms with Crippen molar-refractivity contribution in [2.75, 3.05) is 26.3 Å². The molecule has 0 radical (unpaired) electrons. The van der Waals surface area contributed by atoms with Crippen LogP contribution in [0, 0.1) is 5.92 Å². The van der Waals surface area contributed by atoms with Gasteiger partial charge in [-0.15, -0.1) is 0 Å². The van der Waals surface area contributed by atoms with E-state index >= 15 is 0 Å². The Hall–Kier alpha value is -1.88. The average Bonchev–Trinajstić information content (AvgIpc) is 3.32. The Morgan fingerprint density at radius 2 is 1.80 bits per heavy atom. The van der Waals surface area contributed by atoms with Crippen molar-refractivity contribution in [1.29, 1.82) is 0 Å². The van der Waals surface area contributed by atoms with Gasteiger partial charge in [0.25, 0.3) is 0 Å². The monoisotopic (exact) mass is 409 g/mol. The Bertz CT molecular complexity index is 790. The minimum absolute atomic E-state index is 0.187. The lowest BCUT2D eigenvalue weighted by Gasteiger charge is -2.45. The first-order valence-corrected chi connectivity index (χ1v) is 11.5. The highest BCUT2D eigenvalue weighted by molar-refractivity contribution is 5.35. The summed E-state index contributed by atoms with van der Waals surface area (Å²) in [6.07, 6.45) is 4.93. The molecule has 1 N–H and O–H groups in total. The molecule has 0 aromatic heterocycles. The van der Waals surface area contributed by atoms with Crippen LogP contribution < -0.4 is 4.74 Å². The van der Waals surface area contributed by atoms with Crippen LogP contribution in [0.2, 0.25) is 0 Å². The number of ether oxygens (including phenoxy) is 2. The van der Waals surface area contributed by atoms with E-state index in [0.717, 1.165) is 43.8 Å². The molecule has 30 heavy (non-hydrogen) atoms. The number of benzene rings is 2. The van der Waals surface area contributed by atoms with Crippen molar-refractivity contribution in [1.82, 2.24) is 4.90 Å². The second-order valence-corrected chi connectivity index (χ2v) is 8.77. The van der Waals surface area contributed by atoms with E-state index < -0.39 is 5.60 Å². The third-order valence-electron chi connectivity index (χ3n) is 6.77. The van der Waals surface area contributed by atoms with Gasteiger partial charge in [0.1, 0.15) is 5.75 Å². The van der Waals surface area contributed by atoms with Crippen LogP contribution in [0.3, 0.4) is 0 Å². The number of hydrogen-bond acceptors (Lipinski definition) is 4. The summed E-state index contributed by atoms with van der Waals surface area (Å²) in [7, 11) is 0. The first-order valence-electron chi connectivity index (χ1n) is 11.5. The van der Waals surface area contributed by atoms with Crippen LogP contribution in [0.1, 0.15) is 43.7 Å². The normalized spacial score (nSPS) is 22.7. The molecule has 4 heteroatoms. The first-order chi connectivity index (χ1) is 14.7. The highest BCUT2D eigenvalue weighted by Crippen LogP contribution is 2.41. The van der Waals surface area contributed by atoms with Gasteiger partial charge in [-0.1, -0.05) is 61.4 Å². The van der Waals surface area contributed by atoms with Gasteiger partial charge in [-0.2, -0.15) is 0 Å². The molecule has 2 unspecified atom stereocenters. The van der Waals surface area contributed by atoms with Crippen LogP contribution in [-0.2, 0) is 17.7 Å². The second-order valence-electron chi connectivity index (χ2n) is 8.77. The first kappa shape index (κ1) is 21.4. The second kappa shape index (κ2) is 9.95. The summed E-state index contributed by atoms with van der Waals surface area (Å²) >= 11 is 0. The molecule has 2 fully saturated rings. The molecule has 1 heterocycles. The average molecular weight is 410 g/mol. The molecule has 2 aromatic rings. The number of morpholine rings is 1. The zero-order valence-electron chi connectivity index (χ0n) is 18.1. The molecule has 162 valence electrons. The fraction of sp³-hybridized carbons (Fsp3) is 0.538. The van der Waals surface area contributed by atoms with Gasteiger partial charge in [-0.25, -0.2) is 0 Å². The summed E-state index contributed by atoms with van der Waals surface area (Å²) in [4.78, 5) is 2.43. The zero-order valence-corrected chi connectivity index (χ0v) is 18.1. The molecule has 0 bridgehead atoms. The SMILES string of the molecule is CCOc1ccccc1CC(O)(C1CCCC1)C1CN(Cc2ccccc2)CCO1. The predicted octanol–water partition coefficient (Wildman–Crippen LogP) is 4.45. The van der Waals surface area contributed by atoms with Crippen LogP contribution in [0.5, 0.6) is 5.75 Å². The summed E-state index contributed by atoms with van der Waals surface area (Å²) in [5.74, 6) is 1.15. The molecule has 2 aliphatic rings. The molecule has 2 aromatic carbocycles. The highest BCUT2D eigenvalue weighted by Gasteiger charge is 2.47. The minimum Gasteiger partial charge on any atom is -0.494 e. The summed E-state index contributed by atoms with van der Waals surface area (Å²) < 4.78 is 12.1. The lowest BCUT2D eigenvalue weighted by molar-refractivity contribution is -0.168. The lowest BCUT2D eigenvalue weighted by Crippen LogP contribution is -2.58. The molecule has 1 saturated heterocycles. The molecule has 0 amide bonds. The maximum atomic E-state index is 12.2. The quantitative estimate of drug-likeness (QED) is 0.699. The van der Waals surface area contributed by atoms with Gasteiger partial charge in [0.2, 0.25) is 0 Å². The predicted molar refractivity (Wildman–Crippen MR) is 120 cm³/mol. The zero-order chi connectivity index (χ0) is 20.8. The summed E-state index contributed by atoms with van der Waals surface area (Å²) in [5.41, 5.74) is 1.51. The van der Waals surface area contributed by atoms with E-state index in [9.17, 15) is 5.11 Å². The van der Waals surface area contributed by atoms with Crippen molar-refractivity contribution in [2.24, 2.45) is 5.92 Å². The van der Waals surface area contributed by atoms with Crippen LogP contribution in [-0.4, -0.2) is 48.0 Å². The van der Waals surface area contributed by atoms with Crippen molar-refractivity contribution in [3.63, 3.8) is 0 Å².